The monoisotopic (exact) mass is 248 g/mol. The summed E-state index contributed by atoms with van der Waals surface area (Å²) in [5.41, 5.74) is 1.12. The van der Waals surface area contributed by atoms with Gasteiger partial charge in [-0.2, -0.15) is 0 Å². The maximum absolute atomic E-state index is 6.21. The Morgan fingerprint density at radius 1 is 1.47 bits per heavy atom. The number of halogens is 1. The highest BCUT2D eigenvalue weighted by atomic mass is 35.5. The summed E-state index contributed by atoms with van der Waals surface area (Å²) >= 11 is 6.21. The normalized spacial score (nSPS) is 15.1. The molecule has 0 bridgehead atoms. The van der Waals surface area contributed by atoms with Crippen LogP contribution >= 0.6 is 11.6 Å². The molecule has 2 aromatic heterocycles. The first-order valence-corrected chi connectivity index (χ1v) is 6.07. The van der Waals surface area contributed by atoms with Crippen LogP contribution in [-0.2, 0) is 6.54 Å². The zero-order chi connectivity index (χ0) is 11.7. The van der Waals surface area contributed by atoms with E-state index in [1.807, 2.05) is 18.5 Å². The summed E-state index contributed by atoms with van der Waals surface area (Å²) in [6, 6.07) is 2.65. The van der Waals surface area contributed by atoms with Gasteiger partial charge in [0.15, 0.2) is 5.82 Å². The lowest BCUT2D eigenvalue weighted by molar-refractivity contribution is 0.685. The summed E-state index contributed by atoms with van der Waals surface area (Å²) in [5, 5.41) is 4.09. The molecular formula is C12H13ClN4. The third-order valence-corrected chi connectivity index (χ3v) is 3.08. The minimum atomic E-state index is 0.651. The molecule has 1 N–H and O–H groups in total. The van der Waals surface area contributed by atoms with Crippen molar-refractivity contribution in [3.8, 4) is 5.82 Å². The number of hydrogen-bond donors (Lipinski definition) is 1. The van der Waals surface area contributed by atoms with Gasteiger partial charge in [0, 0.05) is 31.2 Å². The fourth-order valence-corrected chi connectivity index (χ4v) is 1.98. The molecule has 0 amide bonds. The molecule has 0 saturated heterocycles. The number of rotatable bonds is 4. The Morgan fingerprint density at radius 2 is 2.35 bits per heavy atom. The van der Waals surface area contributed by atoms with E-state index in [-0.39, 0.29) is 0 Å². The van der Waals surface area contributed by atoms with Gasteiger partial charge in [-0.3, -0.25) is 4.57 Å². The molecular weight excluding hydrogens is 236 g/mol. The Bertz CT molecular complexity index is 505. The molecule has 0 spiro atoms. The fourth-order valence-electron chi connectivity index (χ4n) is 1.69. The van der Waals surface area contributed by atoms with Gasteiger partial charge in [0.05, 0.1) is 5.02 Å². The van der Waals surface area contributed by atoms with Crippen LogP contribution in [0.25, 0.3) is 5.82 Å². The third kappa shape index (κ3) is 2.48. The van der Waals surface area contributed by atoms with Crippen LogP contribution in [0.5, 0.6) is 0 Å². The molecule has 17 heavy (non-hydrogen) atoms. The number of nitrogens with one attached hydrogen (secondary N) is 1. The molecule has 1 fully saturated rings. The van der Waals surface area contributed by atoms with Crippen molar-refractivity contribution < 1.29 is 0 Å². The second kappa shape index (κ2) is 4.47. The van der Waals surface area contributed by atoms with Gasteiger partial charge >= 0.3 is 0 Å². The van der Waals surface area contributed by atoms with E-state index in [1.54, 1.807) is 17.1 Å². The minimum absolute atomic E-state index is 0.651. The topological polar surface area (TPSA) is 42.7 Å². The zero-order valence-electron chi connectivity index (χ0n) is 9.31. The van der Waals surface area contributed by atoms with Gasteiger partial charge in [-0.05, 0) is 24.5 Å². The fraction of sp³-hybridized carbons (Fsp3) is 0.333. The van der Waals surface area contributed by atoms with E-state index in [2.05, 4.69) is 15.3 Å². The maximum atomic E-state index is 6.21. The molecule has 0 aliphatic heterocycles. The second-order valence-corrected chi connectivity index (χ2v) is 4.68. The number of pyridine rings is 1. The maximum Gasteiger partial charge on any atom is 0.156 e. The van der Waals surface area contributed by atoms with Crippen LogP contribution in [0.2, 0.25) is 5.02 Å². The van der Waals surface area contributed by atoms with Crippen molar-refractivity contribution in [2.75, 3.05) is 0 Å². The Hall–Kier alpha value is -1.39. The van der Waals surface area contributed by atoms with Crippen LogP contribution in [0.3, 0.4) is 0 Å². The highest BCUT2D eigenvalue weighted by Gasteiger charge is 2.20. The highest BCUT2D eigenvalue weighted by Crippen LogP contribution is 2.21. The van der Waals surface area contributed by atoms with Crippen LogP contribution in [0.4, 0.5) is 0 Å². The minimum Gasteiger partial charge on any atom is -0.310 e. The molecule has 2 heterocycles. The molecule has 1 aliphatic rings. The van der Waals surface area contributed by atoms with E-state index in [0.717, 1.165) is 17.9 Å². The van der Waals surface area contributed by atoms with Crippen molar-refractivity contribution in [1.82, 2.24) is 19.9 Å². The summed E-state index contributed by atoms with van der Waals surface area (Å²) in [6.45, 7) is 0.835. The Balaban J connectivity index is 1.78. The third-order valence-electron chi connectivity index (χ3n) is 2.80. The summed E-state index contributed by atoms with van der Waals surface area (Å²) in [5.74, 6) is 0.722. The lowest BCUT2D eigenvalue weighted by Gasteiger charge is -2.07. The molecule has 3 rings (SSSR count). The number of nitrogens with zero attached hydrogens (tertiary/aromatic N) is 3. The molecule has 0 atom stereocenters. The highest BCUT2D eigenvalue weighted by molar-refractivity contribution is 6.32. The Kier molecular flexibility index (Phi) is 2.82. The van der Waals surface area contributed by atoms with Crippen LogP contribution in [-0.4, -0.2) is 20.6 Å². The Morgan fingerprint density at radius 3 is 3.00 bits per heavy atom. The largest absolute Gasteiger partial charge is 0.310 e. The lowest BCUT2D eigenvalue weighted by Crippen LogP contribution is -2.15. The van der Waals surface area contributed by atoms with E-state index in [9.17, 15) is 0 Å². The smallest absolute Gasteiger partial charge is 0.156 e. The van der Waals surface area contributed by atoms with Crippen LogP contribution in [0.15, 0.2) is 31.0 Å². The summed E-state index contributed by atoms with van der Waals surface area (Å²) in [6.07, 6.45) is 9.66. The average molecular weight is 249 g/mol. The van der Waals surface area contributed by atoms with Gasteiger partial charge in [0.25, 0.3) is 0 Å². The first kappa shape index (κ1) is 10.7. The Labute approximate surface area is 105 Å². The van der Waals surface area contributed by atoms with Crippen molar-refractivity contribution in [3.63, 3.8) is 0 Å². The average Bonchev–Trinajstić information content (AvgIpc) is 3.01. The molecule has 1 aliphatic carbocycles. The second-order valence-electron chi connectivity index (χ2n) is 4.27. The first-order chi connectivity index (χ1) is 8.33. The van der Waals surface area contributed by atoms with Crippen molar-refractivity contribution in [2.24, 2.45) is 0 Å². The van der Waals surface area contributed by atoms with Gasteiger partial charge in [0.2, 0.25) is 0 Å². The number of aromatic nitrogens is 3. The summed E-state index contributed by atoms with van der Waals surface area (Å²) in [7, 11) is 0. The summed E-state index contributed by atoms with van der Waals surface area (Å²) < 4.78 is 1.81. The van der Waals surface area contributed by atoms with E-state index >= 15 is 0 Å². The van der Waals surface area contributed by atoms with Crippen molar-refractivity contribution in [3.05, 3.63) is 41.6 Å². The molecule has 88 valence electrons. The van der Waals surface area contributed by atoms with Gasteiger partial charge in [-0.1, -0.05) is 11.6 Å². The lowest BCUT2D eigenvalue weighted by atomic mass is 10.3. The molecule has 2 aromatic rings. The molecule has 1 saturated carbocycles. The van der Waals surface area contributed by atoms with E-state index in [1.165, 1.54) is 12.8 Å². The zero-order valence-corrected chi connectivity index (χ0v) is 10.1. The number of hydrogen-bond acceptors (Lipinski definition) is 3. The van der Waals surface area contributed by atoms with Gasteiger partial charge in [-0.25, -0.2) is 9.97 Å². The van der Waals surface area contributed by atoms with E-state index in [4.69, 9.17) is 11.6 Å². The van der Waals surface area contributed by atoms with Crippen LogP contribution in [0.1, 0.15) is 18.4 Å². The van der Waals surface area contributed by atoms with Crippen molar-refractivity contribution >= 4 is 11.6 Å². The van der Waals surface area contributed by atoms with Crippen molar-refractivity contribution in [2.45, 2.75) is 25.4 Å². The van der Waals surface area contributed by atoms with Gasteiger partial charge < -0.3 is 5.32 Å². The first-order valence-electron chi connectivity index (χ1n) is 5.69. The van der Waals surface area contributed by atoms with Gasteiger partial charge in [0.1, 0.15) is 6.33 Å². The van der Waals surface area contributed by atoms with E-state index in [0.29, 0.717) is 11.1 Å². The molecule has 0 radical (unpaired) electrons. The molecule has 5 heteroatoms. The predicted molar refractivity (Wildman–Crippen MR) is 66.2 cm³/mol. The molecule has 0 unspecified atom stereocenters. The van der Waals surface area contributed by atoms with Crippen molar-refractivity contribution in [1.29, 1.82) is 0 Å². The van der Waals surface area contributed by atoms with Gasteiger partial charge in [-0.15, -0.1) is 0 Å². The predicted octanol–water partition coefficient (Wildman–Crippen LogP) is 2.17. The molecule has 4 nitrogen and oxygen atoms in total. The van der Waals surface area contributed by atoms with E-state index < -0.39 is 0 Å². The standard InChI is InChI=1S/C12H13ClN4/c13-11-5-9(6-15-10-1-2-10)7-16-12(11)17-4-3-14-8-17/h3-5,7-8,10,15H,1-2,6H2. The van der Waals surface area contributed by atoms with Crippen LogP contribution < -0.4 is 5.32 Å². The quantitative estimate of drug-likeness (QED) is 0.902. The SMILES string of the molecule is Clc1cc(CNC2CC2)cnc1-n1ccnc1. The summed E-state index contributed by atoms with van der Waals surface area (Å²) in [4.78, 5) is 8.35. The van der Waals surface area contributed by atoms with Crippen LogP contribution in [0, 0.1) is 0 Å². The molecule has 0 aromatic carbocycles. The number of imidazole rings is 1.